The van der Waals surface area contributed by atoms with Crippen LogP contribution in [0.15, 0.2) is 34.9 Å². The van der Waals surface area contributed by atoms with Crippen LogP contribution in [0.3, 0.4) is 0 Å². The molecule has 0 aliphatic carbocycles. The van der Waals surface area contributed by atoms with E-state index in [-0.39, 0.29) is 6.01 Å². The lowest BCUT2D eigenvalue weighted by molar-refractivity contribution is 0.273. The fourth-order valence-corrected chi connectivity index (χ4v) is 1.85. The van der Waals surface area contributed by atoms with Crippen molar-refractivity contribution in [3.63, 3.8) is 0 Å². The van der Waals surface area contributed by atoms with Gasteiger partial charge in [-0.15, -0.1) is 0 Å². The molecule has 1 aromatic heterocycles. The van der Waals surface area contributed by atoms with Crippen molar-refractivity contribution in [3.8, 4) is 11.9 Å². The molecule has 0 N–H and O–H groups in total. The summed E-state index contributed by atoms with van der Waals surface area (Å²) < 4.78 is 11.2. The van der Waals surface area contributed by atoms with Gasteiger partial charge in [0, 0.05) is 10.6 Å². The molecule has 0 saturated heterocycles. The number of methoxy groups -OCH3 is 1. The molecule has 18 heavy (non-hydrogen) atoms. The predicted octanol–water partition coefficient (Wildman–Crippen LogP) is 3.48. The van der Waals surface area contributed by atoms with Gasteiger partial charge in [0.2, 0.25) is 5.88 Å². The summed E-state index contributed by atoms with van der Waals surface area (Å²) in [7, 11) is 1.53. The van der Waals surface area contributed by atoms with E-state index in [1.807, 2.05) is 24.3 Å². The van der Waals surface area contributed by atoms with Crippen LogP contribution in [0.5, 0.6) is 11.9 Å². The molecule has 0 fully saturated rings. The maximum atomic E-state index is 6.02. The van der Waals surface area contributed by atoms with Gasteiger partial charge in [-0.3, -0.25) is 0 Å². The van der Waals surface area contributed by atoms with Crippen LogP contribution in [0, 0.1) is 0 Å². The van der Waals surface area contributed by atoms with Crippen LogP contribution in [0.2, 0.25) is 5.02 Å². The van der Waals surface area contributed by atoms with Crippen LogP contribution in [0.25, 0.3) is 0 Å². The first-order valence-electron chi connectivity index (χ1n) is 5.13. The minimum absolute atomic E-state index is 0.245. The first-order valence-corrected chi connectivity index (χ1v) is 6.30. The van der Waals surface area contributed by atoms with Crippen LogP contribution >= 0.6 is 27.5 Å². The van der Waals surface area contributed by atoms with Crippen LogP contribution < -0.4 is 9.47 Å². The lowest BCUT2D eigenvalue weighted by atomic mass is 10.2. The lowest BCUT2D eigenvalue weighted by Gasteiger charge is -2.07. The number of rotatable bonds is 4. The highest BCUT2D eigenvalue weighted by Crippen LogP contribution is 2.23. The Morgan fingerprint density at radius 1 is 1.33 bits per heavy atom. The first-order chi connectivity index (χ1) is 8.70. The molecule has 2 aromatic rings. The summed E-state index contributed by atoms with van der Waals surface area (Å²) in [4.78, 5) is 8.12. The van der Waals surface area contributed by atoms with Crippen molar-refractivity contribution >= 4 is 27.5 Å². The van der Waals surface area contributed by atoms with E-state index < -0.39 is 0 Å². The zero-order chi connectivity index (χ0) is 13.0. The molecule has 0 aliphatic heterocycles. The molecule has 4 nitrogen and oxygen atoms in total. The summed E-state index contributed by atoms with van der Waals surface area (Å²) >= 11 is 9.29. The number of benzene rings is 1. The van der Waals surface area contributed by atoms with Gasteiger partial charge in [-0.2, -0.15) is 4.98 Å². The molecule has 0 spiro atoms. The number of hydrogen-bond donors (Lipinski definition) is 0. The average Bonchev–Trinajstić information content (AvgIpc) is 2.39. The molecular weight excluding hydrogens is 320 g/mol. The zero-order valence-corrected chi connectivity index (χ0v) is 11.9. The fraction of sp³-hybridized carbons (Fsp3) is 0.167. The van der Waals surface area contributed by atoms with Gasteiger partial charge in [0.15, 0.2) is 0 Å². The Kier molecular flexibility index (Phi) is 4.38. The second kappa shape index (κ2) is 6.02. The number of ether oxygens (including phenoxy) is 2. The SMILES string of the molecule is COc1nc(OCc2ccccc2Cl)ncc1Br. The molecule has 6 heteroatoms. The molecule has 0 atom stereocenters. The van der Waals surface area contributed by atoms with E-state index in [1.165, 1.54) is 7.11 Å². The molecule has 2 rings (SSSR count). The number of hydrogen-bond acceptors (Lipinski definition) is 4. The molecule has 0 unspecified atom stereocenters. The van der Waals surface area contributed by atoms with E-state index in [0.29, 0.717) is 22.0 Å². The highest BCUT2D eigenvalue weighted by molar-refractivity contribution is 9.10. The van der Waals surface area contributed by atoms with Gasteiger partial charge in [0.1, 0.15) is 6.61 Å². The average molecular weight is 330 g/mol. The van der Waals surface area contributed by atoms with Crippen LogP contribution in [0.4, 0.5) is 0 Å². The minimum Gasteiger partial charge on any atom is -0.480 e. The van der Waals surface area contributed by atoms with Crippen LogP contribution in [-0.2, 0) is 6.61 Å². The Morgan fingerprint density at radius 2 is 2.11 bits per heavy atom. The van der Waals surface area contributed by atoms with Gasteiger partial charge in [0.25, 0.3) is 0 Å². The molecule has 0 aliphatic rings. The zero-order valence-electron chi connectivity index (χ0n) is 9.56. The monoisotopic (exact) mass is 328 g/mol. The van der Waals surface area contributed by atoms with Crippen molar-refractivity contribution in [2.45, 2.75) is 6.61 Å². The van der Waals surface area contributed by atoms with Crippen molar-refractivity contribution in [3.05, 3.63) is 45.5 Å². The molecule has 0 saturated carbocycles. The Hall–Kier alpha value is -1.33. The molecular formula is C12H10BrClN2O2. The summed E-state index contributed by atoms with van der Waals surface area (Å²) in [5.41, 5.74) is 0.879. The highest BCUT2D eigenvalue weighted by Gasteiger charge is 2.07. The number of aromatic nitrogens is 2. The van der Waals surface area contributed by atoms with E-state index >= 15 is 0 Å². The molecule has 1 aromatic carbocycles. The Morgan fingerprint density at radius 3 is 2.83 bits per heavy atom. The van der Waals surface area contributed by atoms with Gasteiger partial charge in [-0.05, 0) is 22.0 Å². The maximum absolute atomic E-state index is 6.02. The smallest absolute Gasteiger partial charge is 0.320 e. The molecule has 0 bridgehead atoms. The second-order valence-corrected chi connectivity index (χ2v) is 4.65. The van der Waals surface area contributed by atoms with Gasteiger partial charge >= 0.3 is 6.01 Å². The molecule has 0 radical (unpaired) electrons. The van der Waals surface area contributed by atoms with Crippen LogP contribution in [-0.4, -0.2) is 17.1 Å². The van der Waals surface area contributed by atoms with Crippen molar-refractivity contribution in [2.75, 3.05) is 7.11 Å². The van der Waals surface area contributed by atoms with E-state index in [1.54, 1.807) is 6.20 Å². The first kappa shape index (κ1) is 13.1. The molecule has 94 valence electrons. The fourth-order valence-electron chi connectivity index (χ4n) is 1.31. The van der Waals surface area contributed by atoms with Gasteiger partial charge in [-0.1, -0.05) is 29.8 Å². The second-order valence-electron chi connectivity index (χ2n) is 3.39. The third-order valence-corrected chi connectivity index (χ3v) is 3.11. The Labute approximate surface area is 118 Å². The topological polar surface area (TPSA) is 44.2 Å². The third-order valence-electron chi connectivity index (χ3n) is 2.20. The van der Waals surface area contributed by atoms with E-state index in [9.17, 15) is 0 Å². The Balaban J connectivity index is 2.09. The Bertz CT molecular complexity index is 551. The quantitative estimate of drug-likeness (QED) is 0.861. The van der Waals surface area contributed by atoms with Crippen molar-refractivity contribution in [1.82, 2.24) is 9.97 Å². The molecule has 0 amide bonds. The number of halogens is 2. The van der Waals surface area contributed by atoms with Gasteiger partial charge in [-0.25, -0.2) is 4.98 Å². The van der Waals surface area contributed by atoms with Crippen molar-refractivity contribution < 1.29 is 9.47 Å². The van der Waals surface area contributed by atoms with E-state index in [2.05, 4.69) is 25.9 Å². The summed E-state index contributed by atoms with van der Waals surface area (Å²) in [6.45, 7) is 0.310. The van der Waals surface area contributed by atoms with Gasteiger partial charge in [0.05, 0.1) is 17.8 Å². The van der Waals surface area contributed by atoms with Gasteiger partial charge < -0.3 is 9.47 Å². The predicted molar refractivity (Wildman–Crippen MR) is 72.1 cm³/mol. The third kappa shape index (κ3) is 3.11. The number of nitrogens with zero attached hydrogens (tertiary/aromatic N) is 2. The lowest BCUT2D eigenvalue weighted by Crippen LogP contribution is -2.01. The molecule has 1 heterocycles. The largest absolute Gasteiger partial charge is 0.480 e. The highest BCUT2D eigenvalue weighted by atomic mass is 79.9. The standard InChI is InChI=1S/C12H10BrClN2O2/c1-17-11-9(13)6-15-12(16-11)18-7-8-4-2-3-5-10(8)14/h2-6H,7H2,1H3. The normalized spacial score (nSPS) is 10.2. The summed E-state index contributed by atoms with van der Waals surface area (Å²) in [5, 5.41) is 0.654. The maximum Gasteiger partial charge on any atom is 0.320 e. The minimum atomic E-state index is 0.245. The van der Waals surface area contributed by atoms with Crippen molar-refractivity contribution in [1.29, 1.82) is 0 Å². The summed E-state index contributed by atoms with van der Waals surface area (Å²) in [6.07, 6.45) is 1.58. The summed E-state index contributed by atoms with van der Waals surface area (Å²) in [5.74, 6) is 0.430. The van der Waals surface area contributed by atoms with E-state index in [4.69, 9.17) is 21.1 Å². The van der Waals surface area contributed by atoms with Crippen molar-refractivity contribution in [2.24, 2.45) is 0 Å². The summed E-state index contributed by atoms with van der Waals surface area (Å²) in [6, 6.07) is 7.70. The van der Waals surface area contributed by atoms with Crippen LogP contribution in [0.1, 0.15) is 5.56 Å². The van der Waals surface area contributed by atoms with E-state index in [0.717, 1.165) is 5.56 Å².